The van der Waals surface area contributed by atoms with Crippen molar-refractivity contribution in [1.82, 2.24) is 48.3 Å². The topological polar surface area (TPSA) is 413 Å². The molecule has 3 aromatic heterocycles. The highest BCUT2D eigenvalue weighted by Gasteiger charge is 2.34. The van der Waals surface area contributed by atoms with Gasteiger partial charge in [0.05, 0.1) is 79.2 Å². The second-order valence-electron chi connectivity index (χ2n) is 25.7. The summed E-state index contributed by atoms with van der Waals surface area (Å²) in [6.07, 6.45) is 7.06. The molecule has 4 N–H and O–H groups in total. The Kier molecular flexibility index (Phi) is 26.3. The standard InChI is InChI=1S/C23H32N2O4.C18H18N2O5S.C16H17N3O5S.C15H18N4O7S/c1-7-16-13-15(3)14-17(8-2)18(16)19-20(26)24-9-11-28-12-10-25(24)21(19)29-22(27)23(4,5)6;1-25-16-5-3-2-4-15(16)18(22)20-26(23,24)14-10-6-12(7-11-14)17(21)19-13-8-9-13;1-9-10(15(20)11-8-17-19(2)16(11)21)4-5-13(25(3,22)23)14(9)12-6-7-24-18-12;1-4-9-26-14-16-19(15(22)18(14)2)13(21)17-27(23,24)11-8-6-5-7-10(11)12(20)25-3/h13-14H,7-12H2,1-6H3;2-7,10-11,13H,8-9H2,1H3,(H,19,21)(H,20,22);4-5,8,17H,6-7H2,1-3H3;5-8H,4,9H2,1-3H3,(H,17,21). The zero-order valence-electron chi connectivity index (χ0n) is 61.3. The molecule has 32 nitrogen and oxygen atoms in total. The number of nitrogens with one attached hydrogen (secondary N) is 4. The van der Waals surface area contributed by atoms with Crippen molar-refractivity contribution in [3.8, 4) is 28.8 Å². The molecule has 107 heavy (non-hydrogen) atoms. The molecule has 1 aliphatic carbocycles. The van der Waals surface area contributed by atoms with Crippen LogP contribution in [0.5, 0.6) is 17.6 Å². The van der Waals surface area contributed by atoms with Crippen LogP contribution in [0.15, 0.2) is 137 Å². The van der Waals surface area contributed by atoms with E-state index < -0.39 is 75.1 Å². The number of aromatic amines is 1. The number of sulfone groups is 1. The molecule has 35 heteroatoms. The lowest BCUT2D eigenvalue weighted by Crippen LogP contribution is -2.40. The monoisotopic (exact) mass is 1540 g/mol. The number of H-pyrrole nitrogens is 1. The number of esters is 2. The maximum Gasteiger partial charge on any atom is 0.360 e. The highest BCUT2D eigenvalue weighted by atomic mass is 32.2. The number of rotatable bonds is 20. The average Bonchev–Trinajstić information content (AvgIpc) is 1.62. The molecule has 0 saturated heterocycles. The average molecular weight is 1540 g/mol. The van der Waals surface area contributed by atoms with Crippen LogP contribution in [-0.4, -0.2) is 153 Å². The van der Waals surface area contributed by atoms with Crippen LogP contribution in [0.3, 0.4) is 0 Å². The van der Waals surface area contributed by atoms with Gasteiger partial charge in [-0.1, -0.05) is 67.9 Å². The van der Waals surface area contributed by atoms with E-state index in [0.717, 1.165) is 66.4 Å². The maximum atomic E-state index is 13.5. The Labute approximate surface area is 616 Å². The molecule has 572 valence electrons. The molecular weight excluding hydrogens is 1450 g/mol. The van der Waals surface area contributed by atoms with Gasteiger partial charge in [0.25, 0.3) is 43.0 Å². The quantitative estimate of drug-likeness (QED) is 0.0478. The number of oxime groups is 1. The van der Waals surface area contributed by atoms with Crippen molar-refractivity contribution in [3.63, 3.8) is 0 Å². The number of hydrogen-bond acceptors (Lipinski definition) is 23. The third kappa shape index (κ3) is 19.2. The Morgan fingerprint density at radius 1 is 0.692 bits per heavy atom. The molecule has 11 rings (SSSR count). The summed E-state index contributed by atoms with van der Waals surface area (Å²) in [4.78, 5) is 116. The van der Waals surface area contributed by atoms with Crippen LogP contribution < -0.4 is 45.8 Å². The summed E-state index contributed by atoms with van der Waals surface area (Å²) in [7, 11) is -6.76. The summed E-state index contributed by atoms with van der Waals surface area (Å²) in [6.45, 7) is 17.6. The minimum Gasteiger partial charge on any atom is -0.496 e. The Bertz CT molecular complexity index is 5280. The number of carbonyl (C=O) groups is 6. The molecule has 5 heterocycles. The molecule has 5 aromatic carbocycles. The van der Waals surface area contributed by atoms with Crippen molar-refractivity contribution < 1.29 is 82.5 Å². The number of aryl methyl sites for hydroxylation is 4. The fraction of sp³-hybridized carbons (Fsp3) is 0.375. The van der Waals surface area contributed by atoms with E-state index in [0.29, 0.717) is 84.3 Å². The first kappa shape index (κ1) is 81.6. The largest absolute Gasteiger partial charge is 0.496 e. The summed E-state index contributed by atoms with van der Waals surface area (Å²) in [6, 6.07) is 22.7. The van der Waals surface area contributed by atoms with Crippen molar-refractivity contribution in [2.45, 2.75) is 128 Å². The van der Waals surface area contributed by atoms with Gasteiger partial charge in [-0.3, -0.25) is 33.4 Å². The van der Waals surface area contributed by atoms with Crippen LogP contribution in [0.4, 0.5) is 4.79 Å². The van der Waals surface area contributed by atoms with Crippen molar-refractivity contribution in [2.75, 3.05) is 46.9 Å². The van der Waals surface area contributed by atoms with E-state index in [1.54, 1.807) is 39.2 Å². The first-order chi connectivity index (χ1) is 50.5. The SMILES string of the molecule is CCCOc1nn(C(=O)NS(=O)(=O)c2ccccc2C(=O)OC)c(=O)n1C.CCc1cc(C)cc(CC)c1-c1c(OC(=O)C(C)(C)C)n2n(c1=O)CCOCC2.COc1ccccc1C(=O)NS(=O)(=O)c1ccc(C(=O)NC2CC2)cc1.Cc1c(C(=O)c2c[nH]n(C)c2=O)ccc(S(C)(=O)=O)c1C1=NOCC1. The number of carbonyl (C=O) groups excluding carboxylic acids is 6. The van der Waals surface area contributed by atoms with Crippen LogP contribution >= 0.6 is 0 Å². The molecule has 8 aromatic rings. The second-order valence-corrected chi connectivity index (χ2v) is 31.0. The molecule has 1 fully saturated rings. The highest BCUT2D eigenvalue weighted by Crippen LogP contribution is 2.37. The molecule has 2 aliphatic heterocycles. The Morgan fingerprint density at radius 2 is 1.32 bits per heavy atom. The third-order valence-electron chi connectivity index (χ3n) is 16.8. The van der Waals surface area contributed by atoms with Crippen LogP contribution in [0, 0.1) is 19.3 Å². The van der Waals surface area contributed by atoms with Gasteiger partial charge in [-0.05, 0) is 150 Å². The first-order valence-electron chi connectivity index (χ1n) is 33.8. The van der Waals surface area contributed by atoms with E-state index in [2.05, 4.69) is 58.3 Å². The number of methoxy groups -OCH3 is 2. The predicted molar refractivity (Wildman–Crippen MR) is 391 cm³/mol. The maximum absolute atomic E-state index is 13.5. The number of benzene rings is 5. The van der Waals surface area contributed by atoms with E-state index >= 15 is 0 Å². The summed E-state index contributed by atoms with van der Waals surface area (Å²) in [5, 5.41) is 13.1. The minimum absolute atomic E-state index is 0.00623. The number of hydrogen-bond donors (Lipinski definition) is 4. The summed E-state index contributed by atoms with van der Waals surface area (Å²) < 4.78 is 110. The molecule has 0 bridgehead atoms. The number of sulfonamides is 2. The van der Waals surface area contributed by atoms with Crippen LogP contribution in [0.1, 0.15) is 142 Å². The lowest BCUT2D eigenvalue weighted by atomic mass is 9.91. The molecule has 3 amide bonds. The van der Waals surface area contributed by atoms with E-state index in [9.17, 15) is 68.4 Å². The molecule has 1 saturated carbocycles. The van der Waals surface area contributed by atoms with Gasteiger partial charge < -0.3 is 38.9 Å². The van der Waals surface area contributed by atoms with Crippen LogP contribution in [-0.2, 0) is 89.0 Å². The molecule has 0 atom stereocenters. The third-order valence-corrected chi connectivity index (χ3v) is 20.6. The number of fused-ring (bicyclic) bond motifs is 1. The zero-order chi connectivity index (χ0) is 78.6. The van der Waals surface area contributed by atoms with Gasteiger partial charge in [0.2, 0.25) is 5.88 Å². The highest BCUT2D eigenvalue weighted by molar-refractivity contribution is 7.91. The van der Waals surface area contributed by atoms with Gasteiger partial charge >= 0.3 is 29.7 Å². The van der Waals surface area contributed by atoms with Crippen molar-refractivity contribution in [2.24, 2.45) is 24.7 Å². The van der Waals surface area contributed by atoms with Crippen molar-refractivity contribution in [1.29, 1.82) is 0 Å². The van der Waals surface area contributed by atoms with Crippen molar-refractivity contribution >= 4 is 71.2 Å². The number of amides is 3. The lowest BCUT2D eigenvalue weighted by Gasteiger charge is -2.19. The molecule has 0 unspecified atom stereocenters. The predicted octanol–water partition coefficient (Wildman–Crippen LogP) is 6.32. The minimum atomic E-state index is -4.48. The van der Waals surface area contributed by atoms with E-state index in [1.165, 1.54) is 98.3 Å². The van der Waals surface area contributed by atoms with Gasteiger partial charge in [0, 0.05) is 55.7 Å². The van der Waals surface area contributed by atoms with Crippen LogP contribution in [0.2, 0.25) is 0 Å². The first-order valence-corrected chi connectivity index (χ1v) is 38.6. The van der Waals surface area contributed by atoms with Gasteiger partial charge in [-0.25, -0.2) is 63.0 Å². The normalized spacial score (nSPS) is 13.4. The van der Waals surface area contributed by atoms with E-state index in [1.807, 2.05) is 32.4 Å². The summed E-state index contributed by atoms with van der Waals surface area (Å²) >= 11 is 0. The van der Waals surface area contributed by atoms with Gasteiger partial charge in [0.1, 0.15) is 28.4 Å². The zero-order valence-corrected chi connectivity index (χ0v) is 63.8. The van der Waals surface area contributed by atoms with E-state index in [-0.39, 0.29) is 73.9 Å². The number of ether oxygens (including phenoxy) is 5. The van der Waals surface area contributed by atoms with Gasteiger partial charge in [0.15, 0.2) is 15.6 Å². The summed E-state index contributed by atoms with van der Waals surface area (Å²) in [5.41, 5.74) is 4.43. The molecule has 3 aliphatic rings. The Morgan fingerprint density at radius 3 is 1.88 bits per heavy atom. The Hall–Kier alpha value is -11.0. The second kappa shape index (κ2) is 34.5. The van der Waals surface area contributed by atoms with Gasteiger partial charge in [-0.2, -0.15) is 0 Å². The number of ketones is 1. The van der Waals surface area contributed by atoms with Gasteiger partial charge in [-0.15, -0.1) is 9.78 Å². The fourth-order valence-electron chi connectivity index (χ4n) is 11.1. The molecule has 0 radical (unpaired) electrons. The fourth-order valence-corrected chi connectivity index (χ4v) is 14.1. The molecule has 0 spiro atoms. The Balaban J connectivity index is 0.000000180. The number of nitrogens with zero attached hydrogens (tertiary/aromatic N) is 7. The summed E-state index contributed by atoms with van der Waals surface area (Å²) in [5.74, 6) is -2.14. The molecular formula is C72H85N11O21S3. The van der Waals surface area contributed by atoms with Crippen molar-refractivity contribution in [3.05, 3.63) is 190 Å². The van der Waals surface area contributed by atoms with E-state index in [4.69, 9.17) is 23.8 Å². The number of aromatic nitrogens is 7. The van der Waals surface area contributed by atoms with Crippen LogP contribution in [0.25, 0.3) is 11.1 Å². The number of para-hydroxylation sites is 1. The smallest absolute Gasteiger partial charge is 0.360 e. The lowest BCUT2D eigenvalue weighted by molar-refractivity contribution is -0.143.